The lowest BCUT2D eigenvalue weighted by molar-refractivity contribution is -0.117. The third-order valence-corrected chi connectivity index (χ3v) is 4.54. The first kappa shape index (κ1) is 21.7. The molecule has 158 valence electrons. The van der Waals surface area contributed by atoms with E-state index in [4.69, 9.17) is 10.5 Å². The molecule has 8 heteroatoms. The fourth-order valence-corrected chi connectivity index (χ4v) is 3.10. The van der Waals surface area contributed by atoms with Crippen LogP contribution < -0.4 is 16.4 Å². The Morgan fingerprint density at radius 2 is 1.94 bits per heavy atom. The number of amides is 3. The summed E-state index contributed by atoms with van der Waals surface area (Å²) in [4.78, 5) is 39.5. The maximum atomic E-state index is 12.2. The number of nitrogens with two attached hydrogens (primary N) is 1. The number of methoxy groups -OCH3 is 1. The number of ether oxygens (including phenoxy) is 1. The van der Waals surface area contributed by atoms with Crippen molar-refractivity contribution in [3.8, 4) is 11.3 Å². The molecule has 0 saturated carbocycles. The number of anilines is 1. The number of fused-ring (bicyclic) bond motifs is 1. The van der Waals surface area contributed by atoms with Crippen LogP contribution in [-0.2, 0) is 20.9 Å². The van der Waals surface area contributed by atoms with Gasteiger partial charge < -0.3 is 21.1 Å². The zero-order chi connectivity index (χ0) is 22.4. The SMILES string of the molecule is C=CC(=O)Nc1c(COC)ccc2ccc(-c3cccc(C(=O)NCC(N)=O)n3)cc12. The van der Waals surface area contributed by atoms with Gasteiger partial charge in [0.05, 0.1) is 24.5 Å². The summed E-state index contributed by atoms with van der Waals surface area (Å²) >= 11 is 0. The summed E-state index contributed by atoms with van der Waals surface area (Å²) in [5.74, 6) is -1.47. The Bertz CT molecular complexity index is 1170. The molecule has 0 fully saturated rings. The van der Waals surface area contributed by atoms with Gasteiger partial charge in [-0.15, -0.1) is 0 Å². The molecule has 8 nitrogen and oxygen atoms in total. The first-order valence-electron chi connectivity index (χ1n) is 9.45. The minimum absolute atomic E-state index is 0.159. The molecule has 0 aliphatic rings. The predicted octanol–water partition coefficient (Wildman–Crippen LogP) is 2.39. The Morgan fingerprint density at radius 3 is 2.65 bits per heavy atom. The van der Waals surface area contributed by atoms with Crippen molar-refractivity contribution in [2.24, 2.45) is 5.73 Å². The van der Waals surface area contributed by atoms with Crippen LogP contribution in [0.3, 0.4) is 0 Å². The largest absolute Gasteiger partial charge is 0.380 e. The minimum atomic E-state index is -0.639. The molecular weight excluding hydrogens is 396 g/mol. The Kier molecular flexibility index (Phi) is 6.74. The standard InChI is InChI=1S/C23H22N4O4/c1-3-21(29)27-22-16(13-31-2)10-8-14-7-9-15(11-17(14)22)18-5-4-6-19(26-18)23(30)25-12-20(24)28/h3-11H,1,12-13H2,2H3,(H2,24,28)(H,25,30)(H,27,29). The van der Waals surface area contributed by atoms with Gasteiger partial charge >= 0.3 is 0 Å². The summed E-state index contributed by atoms with van der Waals surface area (Å²) in [6.07, 6.45) is 1.20. The topological polar surface area (TPSA) is 123 Å². The Balaban J connectivity index is 2.05. The van der Waals surface area contributed by atoms with Crippen LogP contribution >= 0.6 is 0 Å². The average molecular weight is 418 g/mol. The molecule has 3 amide bonds. The van der Waals surface area contributed by atoms with E-state index in [1.165, 1.54) is 6.08 Å². The molecule has 31 heavy (non-hydrogen) atoms. The van der Waals surface area contributed by atoms with Gasteiger partial charge in [0.15, 0.2) is 0 Å². The fraction of sp³-hybridized carbons (Fsp3) is 0.130. The Morgan fingerprint density at radius 1 is 1.16 bits per heavy atom. The molecule has 3 rings (SSSR count). The summed E-state index contributed by atoms with van der Waals surface area (Å²) < 4.78 is 5.26. The third kappa shape index (κ3) is 5.12. The van der Waals surface area contributed by atoms with E-state index >= 15 is 0 Å². The lowest BCUT2D eigenvalue weighted by Crippen LogP contribution is -2.33. The number of primary amides is 1. The van der Waals surface area contributed by atoms with E-state index in [1.54, 1.807) is 25.3 Å². The highest BCUT2D eigenvalue weighted by molar-refractivity contribution is 6.07. The van der Waals surface area contributed by atoms with E-state index in [1.807, 2.05) is 30.3 Å². The van der Waals surface area contributed by atoms with Crippen molar-refractivity contribution < 1.29 is 19.1 Å². The number of rotatable bonds is 8. The van der Waals surface area contributed by atoms with Gasteiger partial charge in [-0.25, -0.2) is 4.98 Å². The van der Waals surface area contributed by atoms with Crippen LogP contribution in [0.15, 0.2) is 61.2 Å². The molecule has 0 aliphatic heterocycles. The monoisotopic (exact) mass is 418 g/mol. The number of carbonyl (C=O) groups is 3. The quantitative estimate of drug-likeness (QED) is 0.485. The zero-order valence-corrected chi connectivity index (χ0v) is 17.0. The van der Waals surface area contributed by atoms with Crippen LogP contribution in [0.5, 0.6) is 0 Å². The van der Waals surface area contributed by atoms with E-state index < -0.39 is 11.8 Å². The van der Waals surface area contributed by atoms with Crippen LogP contribution in [0.1, 0.15) is 16.1 Å². The highest BCUT2D eigenvalue weighted by Crippen LogP contribution is 2.32. The lowest BCUT2D eigenvalue weighted by atomic mass is 10.00. The van der Waals surface area contributed by atoms with Gasteiger partial charge in [0.25, 0.3) is 5.91 Å². The summed E-state index contributed by atoms with van der Waals surface area (Å²) in [5, 5.41) is 6.99. The maximum Gasteiger partial charge on any atom is 0.270 e. The van der Waals surface area contributed by atoms with Gasteiger partial charge in [0, 0.05) is 23.6 Å². The van der Waals surface area contributed by atoms with Gasteiger partial charge in [-0.05, 0) is 29.7 Å². The van der Waals surface area contributed by atoms with Crippen molar-refractivity contribution in [2.75, 3.05) is 19.0 Å². The van der Waals surface area contributed by atoms with Gasteiger partial charge in [-0.1, -0.05) is 36.9 Å². The molecule has 0 aliphatic carbocycles. The number of hydrogen-bond acceptors (Lipinski definition) is 5. The maximum absolute atomic E-state index is 12.2. The number of pyridine rings is 1. The normalized spacial score (nSPS) is 10.5. The first-order valence-corrected chi connectivity index (χ1v) is 9.45. The van der Waals surface area contributed by atoms with Gasteiger partial charge in [-0.3, -0.25) is 14.4 Å². The van der Waals surface area contributed by atoms with Crippen molar-refractivity contribution >= 4 is 34.2 Å². The van der Waals surface area contributed by atoms with Crippen LogP contribution in [0, 0.1) is 0 Å². The van der Waals surface area contributed by atoms with Crippen molar-refractivity contribution in [3.05, 3.63) is 72.4 Å². The second-order valence-electron chi connectivity index (χ2n) is 6.72. The molecule has 0 saturated heterocycles. The number of nitrogens with one attached hydrogen (secondary N) is 2. The van der Waals surface area contributed by atoms with E-state index in [-0.39, 0.29) is 18.1 Å². The summed E-state index contributed by atoms with van der Waals surface area (Å²) in [6, 6.07) is 14.5. The highest BCUT2D eigenvalue weighted by Gasteiger charge is 2.13. The third-order valence-electron chi connectivity index (χ3n) is 4.54. The molecule has 3 aromatic rings. The molecular formula is C23H22N4O4. The second kappa shape index (κ2) is 9.64. The zero-order valence-electron chi connectivity index (χ0n) is 17.0. The number of hydrogen-bond donors (Lipinski definition) is 3. The second-order valence-corrected chi connectivity index (χ2v) is 6.72. The predicted molar refractivity (Wildman–Crippen MR) is 118 cm³/mol. The van der Waals surface area contributed by atoms with Crippen molar-refractivity contribution in [3.63, 3.8) is 0 Å². The molecule has 1 heterocycles. The molecule has 1 aromatic heterocycles. The van der Waals surface area contributed by atoms with E-state index in [0.29, 0.717) is 18.0 Å². The van der Waals surface area contributed by atoms with Gasteiger partial charge in [0.1, 0.15) is 5.69 Å². The molecule has 0 bridgehead atoms. The fourth-order valence-electron chi connectivity index (χ4n) is 3.10. The summed E-state index contributed by atoms with van der Waals surface area (Å²) in [6.45, 7) is 3.56. The van der Waals surface area contributed by atoms with Crippen LogP contribution in [0.4, 0.5) is 5.69 Å². The van der Waals surface area contributed by atoms with Crippen LogP contribution in [-0.4, -0.2) is 36.4 Å². The Labute approximate surface area is 179 Å². The molecule has 4 N–H and O–H groups in total. The van der Waals surface area contributed by atoms with Crippen molar-refractivity contribution in [1.29, 1.82) is 0 Å². The highest BCUT2D eigenvalue weighted by atomic mass is 16.5. The lowest BCUT2D eigenvalue weighted by Gasteiger charge is -2.14. The van der Waals surface area contributed by atoms with Crippen LogP contribution in [0.25, 0.3) is 22.0 Å². The number of nitrogens with zero attached hydrogens (tertiary/aromatic N) is 1. The van der Waals surface area contributed by atoms with Crippen molar-refractivity contribution in [1.82, 2.24) is 10.3 Å². The number of carbonyl (C=O) groups excluding carboxylic acids is 3. The minimum Gasteiger partial charge on any atom is -0.380 e. The van der Waals surface area contributed by atoms with Crippen LogP contribution in [0.2, 0.25) is 0 Å². The van der Waals surface area contributed by atoms with E-state index in [0.717, 1.165) is 21.9 Å². The molecule has 0 spiro atoms. The summed E-state index contributed by atoms with van der Waals surface area (Å²) in [5.41, 5.74) is 7.98. The Hall–Kier alpha value is -4.04. The molecule has 0 radical (unpaired) electrons. The summed E-state index contributed by atoms with van der Waals surface area (Å²) in [7, 11) is 1.58. The molecule has 0 atom stereocenters. The first-order chi connectivity index (χ1) is 14.9. The molecule has 2 aromatic carbocycles. The number of aromatic nitrogens is 1. The van der Waals surface area contributed by atoms with Gasteiger partial charge in [0.2, 0.25) is 11.8 Å². The smallest absolute Gasteiger partial charge is 0.270 e. The van der Waals surface area contributed by atoms with Crippen molar-refractivity contribution in [2.45, 2.75) is 6.61 Å². The van der Waals surface area contributed by atoms with E-state index in [9.17, 15) is 14.4 Å². The number of benzene rings is 2. The van der Waals surface area contributed by atoms with E-state index in [2.05, 4.69) is 22.2 Å². The average Bonchev–Trinajstić information content (AvgIpc) is 2.78. The van der Waals surface area contributed by atoms with Gasteiger partial charge in [-0.2, -0.15) is 0 Å². The molecule has 0 unspecified atom stereocenters.